The lowest BCUT2D eigenvalue weighted by Gasteiger charge is -2.13. The zero-order valence-corrected chi connectivity index (χ0v) is 10.2. The summed E-state index contributed by atoms with van der Waals surface area (Å²) in [5.41, 5.74) is 6.43. The average Bonchev–Trinajstić information content (AvgIpc) is 2.34. The molecule has 0 aliphatic rings. The van der Waals surface area contributed by atoms with Crippen LogP contribution >= 0.6 is 0 Å². The van der Waals surface area contributed by atoms with Gasteiger partial charge in [0, 0.05) is 12.5 Å². The lowest BCUT2D eigenvalue weighted by atomic mass is 10.0. The molecule has 0 aliphatic carbocycles. The number of methoxy groups -OCH3 is 1. The van der Waals surface area contributed by atoms with Crippen molar-refractivity contribution in [1.82, 2.24) is 0 Å². The Morgan fingerprint density at radius 3 is 2.37 bits per heavy atom. The number of halogens is 3. The minimum Gasteiger partial charge on any atom is -0.469 e. The number of nitrogens with two attached hydrogens (primary N) is 1. The topological polar surface area (TPSA) is 61.5 Å². The molecule has 7 heteroatoms. The van der Waals surface area contributed by atoms with Gasteiger partial charge in [0.2, 0.25) is 0 Å². The highest BCUT2D eigenvalue weighted by Crippen LogP contribution is 2.24. The molecule has 1 aromatic rings. The van der Waals surface area contributed by atoms with E-state index in [-0.39, 0.29) is 18.1 Å². The largest absolute Gasteiger partial charge is 0.573 e. The van der Waals surface area contributed by atoms with Crippen molar-refractivity contribution < 1.29 is 27.4 Å². The second kappa shape index (κ2) is 6.42. The number of esters is 1. The van der Waals surface area contributed by atoms with Crippen LogP contribution < -0.4 is 10.5 Å². The summed E-state index contributed by atoms with van der Waals surface area (Å²) in [6.07, 6.45) is -4.21. The molecule has 19 heavy (non-hydrogen) atoms. The van der Waals surface area contributed by atoms with E-state index in [1.165, 1.54) is 31.4 Å². The van der Waals surface area contributed by atoms with Gasteiger partial charge in [0.25, 0.3) is 0 Å². The summed E-state index contributed by atoms with van der Waals surface area (Å²) < 4.78 is 44.1. The molecule has 0 aliphatic heterocycles. The fraction of sp³-hybridized carbons (Fsp3) is 0.417. The van der Waals surface area contributed by atoms with Crippen LogP contribution in [-0.4, -0.2) is 19.4 Å². The van der Waals surface area contributed by atoms with Crippen molar-refractivity contribution in [2.75, 3.05) is 7.11 Å². The first-order valence-corrected chi connectivity index (χ1v) is 5.50. The summed E-state index contributed by atoms with van der Waals surface area (Å²) in [6.45, 7) is 0. The van der Waals surface area contributed by atoms with Gasteiger partial charge in [-0.25, -0.2) is 0 Å². The van der Waals surface area contributed by atoms with E-state index in [4.69, 9.17) is 5.73 Å². The van der Waals surface area contributed by atoms with Crippen LogP contribution in [0.3, 0.4) is 0 Å². The Labute approximate surface area is 108 Å². The lowest BCUT2D eigenvalue weighted by Crippen LogP contribution is -2.17. The predicted molar refractivity (Wildman–Crippen MR) is 61.3 cm³/mol. The number of ether oxygens (including phenoxy) is 2. The van der Waals surface area contributed by atoms with E-state index in [9.17, 15) is 18.0 Å². The third-order valence-corrected chi connectivity index (χ3v) is 2.43. The van der Waals surface area contributed by atoms with Gasteiger partial charge in [0.15, 0.2) is 0 Å². The standard InChI is InChI=1S/C12H14F3NO3/c1-18-11(17)7-6-10(16)8-2-4-9(5-3-8)19-12(13,14)15/h2-5,10H,6-7,16H2,1H3. The number of hydrogen-bond acceptors (Lipinski definition) is 4. The molecule has 0 saturated carbocycles. The second-order valence-corrected chi connectivity index (χ2v) is 3.84. The zero-order valence-electron chi connectivity index (χ0n) is 10.2. The van der Waals surface area contributed by atoms with Crippen molar-refractivity contribution >= 4 is 5.97 Å². The molecule has 0 aromatic heterocycles. The van der Waals surface area contributed by atoms with Crippen LogP contribution in [-0.2, 0) is 9.53 Å². The molecule has 0 heterocycles. The number of benzene rings is 1. The first-order chi connectivity index (χ1) is 8.81. The van der Waals surface area contributed by atoms with Gasteiger partial charge in [0.05, 0.1) is 7.11 Å². The highest BCUT2D eigenvalue weighted by Gasteiger charge is 2.31. The highest BCUT2D eigenvalue weighted by molar-refractivity contribution is 5.69. The smallest absolute Gasteiger partial charge is 0.469 e. The van der Waals surface area contributed by atoms with Crippen molar-refractivity contribution in [2.45, 2.75) is 25.2 Å². The van der Waals surface area contributed by atoms with Gasteiger partial charge in [-0.15, -0.1) is 13.2 Å². The Morgan fingerprint density at radius 1 is 1.32 bits per heavy atom. The van der Waals surface area contributed by atoms with Crippen LogP contribution in [0.4, 0.5) is 13.2 Å². The summed E-state index contributed by atoms with van der Waals surface area (Å²) in [4.78, 5) is 10.9. The number of hydrogen-bond donors (Lipinski definition) is 1. The normalized spacial score (nSPS) is 12.9. The van der Waals surface area contributed by atoms with Crippen molar-refractivity contribution in [2.24, 2.45) is 5.73 Å². The van der Waals surface area contributed by atoms with Gasteiger partial charge in [-0.1, -0.05) is 12.1 Å². The van der Waals surface area contributed by atoms with Crippen LogP contribution in [0.2, 0.25) is 0 Å². The number of rotatable bonds is 5. The fourth-order valence-corrected chi connectivity index (χ4v) is 1.46. The SMILES string of the molecule is COC(=O)CCC(N)c1ccc(OC(F)(F)F)cc1. The number of alkyl halides is 3. The van der Waals surface area contributed by atoms with Crippen molar-refractivity contribution in [1.29, 1.82) is 0 Å². The quantitative estimate of drug-likeness (QED) is 0.840. The molecule has 0 radical (unpaired) electrons. The van der Waals surface area contributed by atoms with Crippen LogP contribution in [0, 0.1) is 0 Å². The molecule has 1 atom stereocenters. The second-order valence-electron chi connectivity index (χ2n) is 3.84. The van der Waals surface area contributed by atoms with Crippen molar-refractivity contribution in [3.05, 3.63) is 29.8 Å². The maximum Gasteiger partial charge on any atom is 0.573 e. The lowest BCUT2D eigenvalue weighted by molar-refractivity contribution is -0.274. The molecule has 0 fully saturated rings. The third kappa shape index (κ3) is 5.60. The molecule has 0 spiro atoms. The molecule has 1 aromatic carbocycles. The summed E-state index contributed by atoms with van der Waals surface area (Å²) in [5.74, 6) is -0.691. The molecule has 0 bridgehead atoms. The number of carbonyl (C=O) groups is 1. The molecule has 4 nitrogen and oxygen atoms in total. The van der Waals surface area contributed by atoms with E-state index >= 15 is 0 Å². The monoisotopic (exact) mass is 277 g/mol. The number of carbonyl (C=O) groups excluding carboxylic acids is 1. The molecular formula is C12H14F3NO3. The predicted octanol–water partition coefficient (Wildman–Crippen LogP) is 2.54. The molecular weight excluding hydrogens is 263 g/mol. The van der Waals surface area contributed by atoms with E-state index in [1.54, 1.807) is 0 Å². The molecule has 0 amide bonds. The Morgan fingerprint density at radius 2 is 1.89 bits per heavy atom. The Balaban J connectivity index is 2.58. The first-order valence-electron chi connectivity index (χ1n) is 5.50. The van der Waals surface area contributed by atoms with Gasteiger partial charge in [0.1, 0.15) is 5.75 Å². The summed E-state index contributed by atoms with van der Waals surface area (Å²) in [7, 11) is 1.27. The van der Waals surface area contributed by atoms with Gasteiger partial charge in [-0.3, -0.25) is 4.79 Å². The molecule has 1 unspecified atom stereocenters. The average molecular weight is 277 g/mol. The Hall–Kier alpha value is -1.76. The molecule has 1 rings (SSSR count). The molecule has 106 valence electrons. The van der Waals surface area contributed by atoms with E-state index in [0.29, 0.717) is 12.0 Å². The fourth-order valence-electron chi connectivity index (χ4n) is 1.46. The van der Waals surface area contributed by atoms with Crippen LogP contribution in [0.1, 0.15) is 24.4 Å². The molecule has 0 saturated heterocycles. The van der Waals surface area contributed by atoms with E-state index in [2.05, 4.69) is 9.47 Å². The van der Waals surface area contributed by atoms with Crippen LogP contribution in [0.25, 0.3) is 0 Å². The van der Waals surface area contributed by atoms with Gasteiger partial charge in [-0.2, -0.15) is 0 Å². The minimum atomic E-state index is -4.71. The maximum absolute atomic E-state index is 12.0. The first kappa shape index (κ1) is 15.3. The van der Waals surface area contributed by atoms with E-state index < -0.39 is 12.4 Å². The van der Waals surface area contributed by atoms with E-state index in [1.807, 2.05) is 0 Å². The minimum absolute atomic E-state index is 0.151. The van der Waals surface area contributed by atoms with Gasteiger partial charge >= 0.3 is 12.3 Å². The third-order valence-electron chi connectivity index (χ3n) is 2.43. The highest BCUT2D eigenvalue weighted by atomic mass is 19.4. The Kier molecular flexibility index (Phi) is 5.17. The van der Waals surface area contributed by atoms with Gasteiger partial charge in [-0.05, 0) is 24.1 Å². The summed E-state index contributed by atoms with van der Waals surface area (Å²) >= 11 is 0. The Bertz CT molecular complexity index is 417. The maximum atomic E-state index is 12.0. The van der Waals surface area contributed by atoms with Crippen LogP contribution in [0.15, 0.2) is 24.3 Å². The molecule has 2 N–H and O–H groups in total. The summed E-state index contributed by atoms with van der Waals surface area (Å²) in [5, 5.41) is 0. The van der Waals surface area contributed by atoms with Crippen LogP contribution in [0.5, 0.6) is 5.75 Å². The zero-order chi connectivity index (χ0) is 14.5. The van der Waals surface area contributed by atoms with Crippen molar-refractivity contribution in [3.8, 4) is 5.75 Å². The van der Waals surface area contributed by atoms with Gasteiger partial charge < -0.3 is 15.2 Å². The summed E-state index contributed by atoms with van der Waals surface area (Å²) in [6, 6.07) is 4.78. The van der Waals surface area contributed by atoms with Crippen molar-refractivity contribution in [3.63, 3.8) is 0 Å². The van der Waals surface area contributed by atoms with E-state index in [0.717, 1.165) is 0 Å².